The number of thioether (sulfide) groups is 2. The van der Waals surface area contributed by atoms with Gasteiger partial charge in [-0.1, -0.05) is 35.5 Å². The average Bonchev–Trinajstić information content (AvgIpc) is 3.19. The van der Waals surface area contributed by atoms with Gasteiger partial charge in [-0.3, -0.25) is 9.69 Å². The number of aliphatic imine (C=N–C) groups is 1. The molecule has 4 rings (SSSR count). The fraction of sp³-hybridized carbons (Fsp3) is 0.200. The Labute approximate surface area is 177 Å². The van der Waals surface area contributed by atoms with Gasteiger partial charge in [0.15, 0.2) is 5.17 Å². The predicted molar refractivity (Wildman–Crippen MR) is 118 cm³/mol. The molecular weight excluding hydrogens is 414 g/mol. The molecule has 1 fully saturated rings. The Kier molecular flexibility index (Phi) is 5.31. The monoisotopic (exact) mass is 431 g/mol. The first-order valence-electron chi connectivity index (χ1n) is 8.70. The second kappa shape index (κ2) is 7.73. The van der Waals surface area contributed by atoms with Gasteiger partial charge in [-0.25, -0.2) is 4.99 Å². The number of carbonyl (C=O) groups excluding carboxylic acids is 1. The number of amides is 1. The van der Waals surface area contributed by atoms with Gasteiger partial charge < -0.3 is 9.64 Å². The first-order valence-corrected chi connectivity index (χ1v) is 10.7. The summed E-state index contributed by atoms with van der Waals surface area (Å²) in [6.45, 7) is 2.49. The number of hydrogen-bond donors (Lipinski definition) is 0. The first-order chi connectivity index (χ1) is 13.5. The van der Waals surface area contributed by atoms with E-state index in [0.29, 0.717) is 27.3 Å². The number of benzene rings is 2. The van der Waals surface area contributed by atoms with Gasteiger partial charge in [0.25, 0.3) is 5.91 Å². The lowest BCUT2D eigenvalue weighted by Gasteiger charge is -2.15. The number of hydrogen-bond acceptors (Lipinski definition) is 6. The van der Waals surface area contributed by atoms with Crippen LogP contribution in [-0.2, 0) is 4.79 Å². The van der Waals surface area contributed by atoms with Crippen molar-refractivity contribution in [1.29, 1.82) is 0 Å². The predicted octanol–water partition coefficient (Wildman–Crippen LogP) is 5.34. The van der Waals surface area contributed by atoms with Crippen LogP contribution < -0.4 is 9.64 Å². The number of methoxy groups -OCH3 is 1. The van der Waals surface area contributed by atoms with Crippen LogP contribution in [0.3, 0.4) is 0 Å². The molecule has 28 heavy (non-hydrogen) atoms. The smallest absolute Gasteiger partial charge is 0.269 e. The molecule has 2 aliphatic rings. The highest BCUT2D eigenvalue weighted by atomic mass is 35.5. The van der Waals surface area contributed by atoms with E-state index < -0.39 is 0 Å². The van der Waals surface area contributed by atoms with Gasteiger partial charge >= 0.3 is 0 Å². The fourth-order valence-electron chi connectivity index (χ4n) is 3.00. The summed E-state index contributed by atoms with van der Waals surface area (Å²) in [6, 6.07) is 13.3. The molecule has 2 heterocycles. The number of rotatable bonds is 3. The molecule has 5 nitrogen and oxygen atoms in total. The van der Waals surface area contributed by atoms with E-state index in [1.54, 1.807) is 29.8 Å². The van der Waals surface area contributed by atoms with E-state index in [-0.39, 0.29) is 5.91 Å². The molecule has 0 aromatic heterocycles. The maximum absolute atomic E-state index is 13.1. The number of para-hydroxylation sites is 1. The summed E-state index contributed by atoms with van der Waals surface area (Å²) in [7, 11) is 3.62. The molecule has 0 atom stereocenters. The lowest BCUT2D eigenvalue weighted by Crippen LogP contribution is -2.29. The van der Waals surface area contributed by atoms with Gasteiger partial charge in [-0.2, -0.15) is 0 Å². The highest BCUT2D eigenvalue weighted by Crippen LogP contribution is 2.51. The van der Waals surface area contributed by atoms with Crippen molar-refractivity contribution in [3.63, 3.8) is 0 Å². The third-order valence-corrected chi connectivity index (χ3v) is 7.23. The summed E-state index contributed by atoms with van der Waals surface area (Å²) < 4.78 is 5.33. The van der Waals surface area contributed by atoms with Crippen molar-refractivity contribution in [2.75, 3.05) is 25.6 Å². The van der Waals surface area contributed by atoms with Crippen LogP contribution in [-0.4, -0.2) is 36.7 Å². The van der Waals surface area contributed by atoms with Crippen molar-refractivity contribution >= 4 is 57.6 Å². The van der Waals surface area contributed by atoms with Gasteiger partial charge in [-0.05, 0) is 43.0 Å². The van der Waals surface area contributed by atoms with E-state index in [9.17, 15) is 4.79 Å². The molecule has 0 bridgehead atoms. The second-order valence-electron chi connectivity index (χ2n) is 6.13. The van der Waals surface area contributed by atoms with Crippen LogP contribution in [0.25, 0.3) is 0 Å². The van der Waals surface area contributed by atoms with E-state index in [0.717, 1.165) is 21.4 Å². The Balaban J connectivity index is 1.73. The molecule has 0 unspecified atom stereocenters. The van der Waals surface area contributed by atoms with Crippen molar-refractivity contribution in [2.45, 2.75) is 11.8 Å². The Bertz CT molecular complexity index is 1020. The molecule has 0 N–H and O–H groups in total. The molecule has 2 aromatic rings. The number of carbonyl (C=O) groups is 1. The van der Waals surface area contributed by atoms with Crippen LogP contribution in [0.2, 0.25) is 5.02 Å². The molecular formula is C20H18ClN3O2S2. The minimum absolute atomic E-state index is 0.0348. The Morgan fingerprint density at radius 3 is 2.68 bits per heavy atom. The number of fused-ring (bicyclic) bond motifs is 1. The van der Waals surface area contributed by atoms with E-state index in [2.05, 4.69) is 4.99 Å². The summed E-state index contributed by atoms with van der Waals surface area (Å²) in [5.74, 6) is 0.756. The van der Waals surface area contributed by atoms with Gasteiger partial charge in [-0.15, -0.1) is 0 Å². The molecule has 2 aliphatic heterocycles. The third-order valence-electron chi connectivity index (χ3n) is 4.48. The number of anilines is 1. The molecule has 0 radical (unpaired) electrons. The van der Waals surface area contributed by atoms with E-state index in [1.165, 1.54) is 11.8 Å². The highest BCUT2D eigenvalue weighted by Gasteiger charge is 2.38. The van der Waals surface area contributed by atoms with Crippen molar-refractivity contribution in [3.8, 4) is 5.75 Å². The van der Waals surface area contributed by atoms with E-state index in [4.69, 9.17) is 16.3 Å². The lowest BCUT2D eigenvalue weighted by atomic mass is 10.3. The summed E-state index contributed by atoms with van der Waals surface area (Å²) in [6.07, 6.45) is 0. The van der Waals surface area contributed by atoms with Gasteiger partial charge in [0.1, 0.15) is 10.7 Å². The second-order valence-corrected chi connectivity index (χ2v) is 8.54. The van der Waals surface area contributed by atoms with Crippen molar-refractivity contribution in [3.05, 3.63) is 57.4 Å². The summed E-state index contributed by atoms with van der Waals surface area (Å²) in [4.78, 5) is 23.2. The number of likely N-dealkylation sites (N-methyl/N-ethyl adjacent to an activating group) is 1. The number of ether oxygens (including phenoxy) is 1. The van der Waals surface area contributed by atoms with Crippen molar-refractivity contribution in [2.24, 2.45) is 4.99 Å². The SMILES string of the molecule is CCN1C(=O)/C(=C2/Sc3ccc(OC)cc3N2C)SC1=Nc1ccccc1Cl. The fourth-order valence-corrected chi connectivity index (χ4v) is 5.55. The zero-order valence-electron chi connectivity index (χ0n) is 15.6. The topological polar surface area (TPSA) is 45.1 Å². The van der Waals surface area contributed by atoms with Crippen LogP contribution in [0.1, 0.15) is 6.92 Å². The summed E-state index contributed by atoms with van der Waals surface area (Å²) in [5.41, 5.74) is 1.68. The van der Waals surface area contributed by atoms with Crippen molar-refractivity contribution in [1.82, 2.24) is 4.90 Å². The van der Waals surface area contributed by atoms with Crippen LogP contribution in [0, 0.1) is 0 Å². The highest BCUT2D eigenvalue weighted by molar-refractivity contribution is 8.19. The molecule has 0 aliphatic carbocycles. The molecule has 1 amide bonds. The maximum atomic E-state index is 13.1. The van der Waals surface area contributed by atoms with E-state index in [1.807, 2.05) is 55.3 Å². The Morgan fingerprint density at radius 1 is 1.18 bits per heavy atom. The van der Waals surface area contributed by atoms with Gasteiger partial charge in [0.05, 0.1) is 28.5 Å². The Morgan fingerprint density at radius 2 is 1.96 bits per heavy atom. The van der Waals surface area contributed by atoms with Crippen molar-refractivity contribution < 1.29 is 9.53 Å². The summed E-state index contributed by atoms with van der Waals surface area (Å²) in [5, 5.41) is 2.11. The largest absolute Gasteiger partial charge is 0.497 e. The molecule has 0 saturated carbocycles. The third kappa shape index (κ3) is 3.27. The van der Waals surface area contributed by atoms with Crippen LogP contribution in [0.5, 0.6) is 5.75 Å². The quantitative estimate of drug-likeness (QED) is 0.613. The lowest BCUT2D eigenvalue weighted by molar-refractivity contribution is -0.122. The zero-order valence-corrected chi connectivity index (χ0v) is 18.0. The molecule has 1 saturated heterocycles. The van der Waals surface area contributed by atoms with Crippen LogP contribution >= 0.6 is 35.1 Å². The zero-order chi connectivity index (χ0) is 19.8. The average molecular weight is 432 g/mol. The molecule has 8 heteroatoms. The molecule has 0 spiro atoms. The number of nitrogens with zero attached hydrogens (tertiary/aromatic N) is 3. The van der Waals surface area contributed by atoms with Crippen LogP contribution in [0.15, 0.2) is 62.3 Å². The molecule has 2 aromatic carbocycles. The van der Waals surface area contributed by atoms with Crippen LogP contribution in [0.4, 0.5) is 11.4 Å². The summed E-state index contributed by atoms with van der Waals surface area (Å²) >= 11 is 9.23. The molecule has 144 valence electrons. The van der Waals surface area contributed by atoms with Gasteiger partial charge in [0, 0.05) is 24.6 Å². The maximum Gasteiger partial charge on any atom is 0.269 e. The van der Waals surface area contributed by atoms with E-state index >= 15 is 0 Å². The normalized spacial score (nSPS) is 20.3. The minimum atomic E-state index is -0.0348. The number of amidine groups is 1. The Hall–Kier alpha value is -2.09. The standard InChI is InChI=1S/C20H18ClN3O2S2/c1-4-24-18(25)17(28-20(24)22-14-8-6-5-7-13(14)21)19-23(2)15-11-12(26-3)9-10-16(15)27-19/h5-11H,4H2,1-3H3/b19-17-,22-20?. The number of halogens is 1. The van der Waals surface area contributed by atoms with Gasteiger partial charge in [0.2, 0.25) is 0 Å². The first kappa shape index (κ1) is 19.2. The minimum Gasteiger partial charge on any atom is -0.497 e.